The van der Waals surface area contributed by atoms with Gasteiger partial charge in [-0.2, -0.15) is 0 Å². The highest BCUT2D eigenvalue weighted by Gasteiger charge is 2.43. The smallest absolute Gasteiger partial charge is 0.329 e. The number of hydrogen-bond acceptors (Lipinski definition) is 13. The average Bonchev–Trinajstić information content (AvgIpc) is 3.46. The van der Waals surface area contributed by atoms with E-state index >= 15 is 4.79 Å². The van der Waals surface area contributed by atoms with Crippen molar-refractivity contribution in [2.75, 3.05) is 34.8 Å². The van der Waals surface area contributed by atoms with Crippen LogP contribution in [-0.4, -0.2) is 150 Å². The Kier molecular flexibility index (Phi) is 24.8. The highest BCUT2D eigenvalue weighted by atomic mass is 19.2. The molecule has 17 nitrogen and oxygen atoms in total. The van der Waals surface area contributed by atoms with Crippen LogP contribution in [0.1, 0.15) is 130 Å². The molecule has 0 saturated carbocycles. The van der Waals surface area contributed by atoms with Crippen molar-refractivity contribution in [2.45, 2.75) is 169 Å². The minimum absolute atomic E-state index is 0.0331. The summed E-state index contributed by atoms with van der Waals surface area (Å²) >= 11 is 0. The van der Waals surface area contributed by atoms with Gasteiger partial charge < -0.3 is 43.3 Å². The van der Waals surface area contributed by atoms with Gasteiger partial charge in [-0.3, -0.25) is 19.2 Å². The maximum absolute atomic E-state index is 15.0. The molecule has 3 aromatic rings. The molecule has 0 spiro atoms. The molecule has 0 N–H and O–H groups in total. The largest absolute Gasteiger partial charge is 0.451 e. The molecule has 9 atom stereocenters. The zero-order valence-corrected chi connectivity index (χ0v) is 49.2. The molecule has 3 aromatic carbocycles. The number of nitrogens with zero attached hydrogens (tertiary/aromatic N) is 4. The van der Waals surface area contributed by atoms with E-state index in [-0.39, 0.29) is 68.8 Å². The van der Waals surface area contributed by atoms with Crippen molar-refractivity contribution >= 4 is 47.5 Å². The molecule has 80 heavy (non-hydrogen) atoms. The quantitative estimate of drug-likeness (QED) is 0.0988. The first-order valence-electron chi connectivity index (χ1n) is 27.6. The number of hydrogen-bond donors (Lipinski definition) is 0. The van der Waals surface area contributed by atoms with Crippen LogP contribution in [0.5, 0.6) is 0 Å². The molecule has 1 aliphatic heterocycles. The maximum Gasteiger partial charge on any atom is 0.329 e. The van der Waals surface area contributed by atoms with Gasteiger partial charge in [-0.1, -0.05) is 116 Å². The third-order valence-electron chi connectivity index (χ3n) is 14.0. The summed E-state index contributed by atoms with van der Waals surface area (Å²) in [5.41, 5.74) is 2.01. The van der Waals surface area contributed by atoms with E-state index in [0.717, 1.165) is 31.7 Å². The van der Waals surface area contributed by atoms with Gasteiger partial charge >= 0.3 is 23.9 Å². The van der Waals surface area contributed by atoms with Gasteiger partial charge in [-0.25, -0.2) is 28.0 Å². The lowest BCUT2D eigenvalue weighted by Crippen LogP contribution is -2.55. The van der Waals surface area contributed by atoms with E-state index in [2.05, 4.69) is 0 Å². The maximum atomic E-state index is 15.0. The molecule has 4 rings (SSSR count). The summed E-state index contributed by atoms with van der Waals surface area (Å²) in [4.78, 5) is 121. The Morgan fingerprint density at radius 3 is 1.14 bits per heavy atom. The van der Waals surface area contributed by atoms with Crippen LogP contribution >= 0.6 is 0 Å². The van der Waals surface area contributed by atoms with Crippen LogP contribution in [0.4, 0.5) is 8.78 Å². The van der Waals surface area contributed by atoms with Gasteiger partial charge in [-0.15, -0.1) is 0 Å². The van der Waals surface area contributed by atoms with E-state index in [9.17, 15) is 42.3 Å². The van der Waals surface area contributed by atoms with Crippen LogP contribution in [0.3, 0.4) is 0 Å². The van der Waals surface area contributed by atoms with Crippen molar-refractivity contribution in [3.05, 3.63) is 107 Å². The first-order chi connectivity index (χ1) is 37.6. The van der Waals surface area contributed by atoms with Crippen LogP contribution in [0, 0.1) is 35.3 Å². The fourth-order valence-electron chi connectivity index (χ4n) is 9.58. The van der Waals surface area contributed by atoms with E-state index in [0.29, 0.717) is 22.3 Å². The summed E-state index contributed by atoms with van der Waals surface area (Å²) in [6, 6.07) is 13.6. The molecule has 0 bridgehead atoms. The Hall–Kier alpha value is -6.76. The molecule has 440 valence electrons. The number of rotatable bonds is 16. The van der Waals surface area contributed by atoms with E-state index in [4.69, 9.17) is 23.7 Å². The first kappa shape index (κ1) is 65.8. The fraction of sp³-hybridized carbons (Fsp3) is 0.574. The van der Waals surface area contributed by atoms with Crippen LogP contribution in [0.25, 0.3) is 0 Å². The zero-order chi connectivity index (χ0) is 59.9. The Labute approximate surface area is 470 Å². The third-order valence-corrected chi connectivity index (χ3v) is 14.0. The molecular weight excluding hydrogens is 1030 g/mol. The normalized spacial score (nSPS) is 23.6. The number of amides is 4. The number of ether oxygens (including phenoxy) is 5. The van der Waals surface area contributed by atoms with Crippen LogP contribution < -0.4 is 0 Å². The van der Waals surface area contributed by atoms with Crippen molar-refractivity contribution in [1.82, 2.24) is 19.6 Å². The molecule has 0 aliphatic carbocycles. The molecule has 0 aromatic heterocycles. The Morgan fingerprint density at radius 2 is 0.787 bits per heavy atom. The number of halogens is 2. The van der Waals surface area contributed by atoms with E-state index in [1.54, 1.807) is 61.5 Å². The molecular formula is C61H84F2N4O13. The Balaban J connectivity index is 1.88. The summed E-state index contributed by atoms with van der Waals surface area (Å²) in [6.07, 6.45) is -7.14. The predicted octanol–water partition coefficient (Wildman–Crippen LogP) is 8.07. The molecule has 19 heteroatoms. The first-order valence-corrected chi connectivity index (χ1v) is 27.6. The minimum Gasteiger partial charge on any atom is -0.451 e. The lowest BCUT2D eigenvalue weighted by Gasteiger charge is -2.35. The Morgan fingerprint density at radius 1 is 0.450 bits per heavy atom. The number of carbonyl (C=O) groups excluding carboxylic acids is 8. The second-order valence-corrected chi connectivity index (χ2v) is 22.5. The van der Waals surface area contributed by atoms with Gasteiger partial charge in [0.25, 0.3) is 23.6 Å². The van der Waals surface area contributed by atoms with Gasteiger partial charge in [0.05, 0.1) is 0 Å². The molecule has 4 amide bonds. The van der Waals surface area contributed by atoms with Crippen LogP contribution in [-0.2, 0) is 74.9 Å². The van der Waals surface area contributed by atoms with Crippen molar-refractivity contribution in [1.29, 1.82) is 0 Å². The summed E-state index contributed by atoms with van der Waals surface area (Å²) in [5.74, 6) is -9.90. The van der Waals surface area contributed by atoms with Gasteiger partial charge in [0.2, 0.25) is 0 Å². The molecule has 1 aliphatic rings. The van der Waals surface area contributed by atoms with Crippen LogP contribution in [0.2, 0.25) is 0 Å². The summed E-state index contributed by atoms with van der Waals surface area (Å²) in [6.45, 7) is 19.2. The standard InChI is InChI=1S/C61H84F2N4O13/c1-16-76-53(44-26-27-45(62)46(63)34-44)43-24-22-42(23-25-43)33-52-57(71)67(15)48(29-36(4)5)59(73)78-39(10)54(68)64(12)49(30-37(6)7)60(74)79-51(32-41-20-18-17-19-21-41)56(70)66(14)47(28-35(2)3)58(72)77-40(11)55(69)65(13)50(31-38(8)9)61(75)80-52/h17-27,34-40,47-53H,16,28-33H2,1-15H3/t39-,40-,47+,48+,49+,50+,51-,52-,53?/m1/s1. The zero-order valence-electron chi connectivity index (χ0n) is 49.2. The summed E-state index contributed by atoms with van der Waals surface area (Å²) in [7, 11) is 5.43. The van der Waals surface area contributed by atoms with Crippen molar-refractivity contribution in [3.8, 4) is 0 Å². The summed E-state index contributed by atoms with van der Waals surface area (Å²) < 4.78 is 58.3. The van der Waals surface area contributed by atoms with Gasteiger partial charge in [0.1, 0.15) is 30.3 Å². The van der Waals surface area contributed by atoms with Gasteiger partial charge in [0.15, 0.2) is 36.1 Å². The molecule has 1 fully saturated rings. The summed E-state index contributed by atoms with van der Waals surface area (Å²) in [5, 5.41) is 0. The topological polar surface area (TPSA) is 196 Å². The molecule has 1 heterocycles. The average molecular weight is 1120 g/mol. The molecule has 0 radical (unpaired) electrons. The lowest BCUT2D eigenvalue weighted by atomic mass is 9.97. The fourth-order valence-corrected chi connectivity index (χ4v) is 9.58. The van der Waals surface area contributed by atoms with Gasteiger partial charge in [0, 0.05) is 47.6 Å². The predicted molar refractivity (Wildman–Crippen MR) is 295 cm³/mol. The highest BCUT2D eigenvalue weighted by molar-refractivity contribution is 5.94. The molecule has 1 saturated heterocycles. The van der Waals surface area contributed by atoms with E-state index < -0.39 is 114 Å². The number of carbonyl (C=O) groups is 8. The van der Waals surface area contributed by atoms with Crippen LogP contribution in [0.15, 0.2) is 72.8 Å². The third kappa shape index (κ3) is 18.1. The number of cyclic esters (lactones) is 4. The SMILES string of the molecule is CCOC(c1ccc(C[C@H]2OC(=O)[C@H](CC(C)C)N(C)C(=O)[C@@H](C)OC(=O)[C@H](CC(C)C)N(C)C(=O)[C@@H](Cc3ccccc3)OC(=O)[C@H](CC(C)C)N(C)C(=O)[C@@H](C)OC(=O)[C@H](CC(C)C)N(C)C2=O)cc1)c1ccc(F)c(F)c1. The number of likely N-dealkylation sites (N-methyl/N-ethyl adjacent to an activating group) is 4. The van der Waals surface area contributed by atoms with Gasteiger partial charge in [-0.05, 0) is 105 Å². The second kappa shape index (κ2) is 30.2. The second-order valence-electron chi connectivity index (χ2n) is 22.5. The number of benzene rings is 3. The van der Waals surface area contributed by atoms with E-state index in [1.807, 2.05) is 55.4 Å². The highest BCUT2D eigenvalue weighted by Crippen LogP contribution is 2.29. The lowest BCUT2D eigenvalue weighted by molar-refractivity contribution is -0.176. The molecule has 1 unspecified atom stereocenters. The van der Waals surface area contributed by atoms with Crippen molar-refractivity contribution in [3.63, 3.8) is 0 Å². The Bertz CT molecular complexity index is 2580. The monoisotopic (exact) mass is 1120 g/mol. The minimum atomic E-state index is -1.64. The van der Waals surface area contributed by atoms with E-state index in [1.165, 1.54) is 48.1 Å². The number of esters is 4. The van der Waals surface area contributed by atoms with Crippen molar-refractivity contribution in [2.24, 2.45) is 23.7 Å². The van der Waals surface area contributed by atoms with Crippen molar-refractivity contribution < 1.29 is 70.8 Å².